The first-order valence-electron chi connectivity index (χ1n) is 6.45. The fourth-order valence-electron chi connectivity index (χ4n) is 2.39. The molecule has 1 aliphatic heterocycles. The van der Waals surface area contributed by atoms with Crippen LogP contribution in [0.15, 0.2) is 48.5 Å². The van der Waals surface area contributed by atoms with Gasteiger partial charge in [0.2, 0.25) is 5.91 Å². The van der Waals surface area contributed by atoms with Crippen LogP contribution in [0, 0.1) is 6.92 Å². The Balaban J connectivity index is 1.84. The van der Waals surface area contributed by atoms with Crippen LogP contribution in [-0.2, 0) is 11.2 Å². The molecular weight excluding hydrogens is 236 g/mol. The van der Waals surface area contributed by atoms with Gasteiger partial charge in [0.25, 0.3) is 0 Å². The molecule has 19 heavy (non-hydrogen) atoms. The van der Waals surface area contributed by atoms with Crippen molar-refractivity contribution in [2.24, 2.45) is 0 Å². The highest BCUT2D eigenvalue weighted by Crippen LogP contribution is 2.27. The van der Waals surface area contributed by atoms with Gasteiger partial charge in [-0.3, -0.25) is 4.79 Å². The van der Waals surface area contributed by atoms with Gasteiger partial charge in [-0.1, -0.05) is 36.4 Å². The van der Waals surface area contributed by atoms with Gasteiger partial charge >= 0.3 is 0 Å². The number of amides is 1. The highest BCUT2D eigenvalue weighted by Gasteiger charge is 2.25. The van der Waals surface area contributed by atoms with Gasteiger partial charge in [0, 0.05) is 6.42 Å². The summed E-state index contributed by atoms with van der Waals surface area (Å²) in [6.07, 6.45) is 0.701. The van der Waals surface area contributed by atoms with Crippen LogP contribution >= 0.6 is 0 Å². The van der Waals surface area contributed by atoms with E-state index in [-0.39, 0.29) is 11.9 Å². The molecular formula is C16H16N2O. The van der Waals surface area contributed by atoms with E-state index in [1.165, 1.54) is 11.1 Å². The molecule has 0 bridgehead atoms. The van der Waals surface area contributed by atoms with Crippen LogP contribution in [0.4, 0.5) is 11.4 Å². The topological polar surface area (TPSA) is 41.1 Å². The molecule has 0 unspecified atom stereocenters. The summed E-state index contributed by atoms with van der Waals surface area (Å²) in [5, 5.41) is 6.26. The monoisotopic (exact) mass is 252 g/mol. The number of carbonyl (C=O) groups excluding carboxylic acids is 1. The Morgan fingerprint density at radius 1 is 1.00 bits per heavy atom. The number of aryl methyl sites for hydroxylation is 1. The van der Waals surface area contributed by atoms with Gasteiger partial charge in [0.1, 0.15) is 6.04 Å². The number of para-hydroxylation sites is 2. The minimum Gasteiger partial charge on any atom is -0.372 e. The van der Waals surface area contributed by atoms with E-state index in [9.17, 15) is 4.79 Å². The summed E-state index contributed by atoms with van der Waals surface area (Å²) in [6, 6.07) is 15.7. The van der Waals surface area contributed by atoms with Crippen molar-refractivity contribution in [1.29, 1.82) is 0 Å². The van der Waals surface area contributed by atoms with Gasteiger partial charge in [-0.15, -0.1) is 0 Å². The SMILES string of the molecule is Cc1ccccc1C[C@@H]1Nc2ccccc2NC1=O. The quantitative estimate of drug-likeness (QED) is 0.862. The van der Waals surface area contributed by atoms with Crippen molar-refractivity contribution < 1.29 is 4.79 Å². The standard InChI is InChI=1S/C16H16N2O/c1-11-6-2-3-7-12(11)10-15-16(19)18-14-9-5-4-8-13(14)17-15/h2-9,15,17H,10H2,1H3,(H,18,19)/t15-/m0/s1. The number of anilines is 2. The van der Waals surface area contributed by atoms with Crippen molar-refractivity contribution in [3.05, 3.63) is 59.7 Å². The van der Waals surface area contributed by atoms with E-state index < -0.39 is 0 Å². The number of rotatable bonds is 2. The summed E-state index contributed by atoms with van der Waals surface area (Å²) in [5.41, 5.74) is 4.26. The second-order valence-corrected chi connectivity index (χ2v) is 4.86. The molecule has 2 aromatic carbocycles. The summed E-state index contributed by atoms with van der Waals surface area (Å²) >= 11 is 0. The van der Waals surface area contributed by atoms with Crippen molar-refractivity contribution in [2.45, 2.75) is 19.4 Å². The third kappa shape index (κ3) is 2.32. The van der Waals surface area contributed by atoms with Crippen LogP contribution < -0.4 is 10.6 Å². The maximum Gasteiger partial charge on any atom is 0.247 e. The second-order valence-electron chi connectivity index (χ2n) is 4.86. The molecule has 0 aromatic heterocycles. The highest BCUT2D eigenvalue weighted by atomic mass is 16.2. The van der Waals surface area contributed by atoms with Crippen LogP contribution in [0.1, 0.15) is 11.1 Å². The molecule has 0 spiro atoms. The normalized spacial score (nSPS) is 17.3. The molecule has 0 saturated carbocycles. The zero-order chi connectivity index (χ0) is 13.2. The van der Waals surface area contributed by atoms with E-state index in [4.69, 9.17) is 0 Å². The summed E-state index contributed by atoms with van der Waals surface area (Å²) < 4.78 is 0. The molecule has 0 fully saturated rings. The lowest BCUT2D eigenvalue weighted by atomic mass is 9.99. The van der Waals surface area contributed by atoms with Crippen molar-refractivity contribution in [2.75, 3.05) is 10.6 Å². The first-order chi connectivity index (χ1) is 9.24. The minimum atomic E-state index is -0.212. The Morgan fingerprint density at radius 3 is 2.47 bits per heavy atom. The van der Waals surface area contributed by atoms with Gasteiger partial charge in [-0.25, -0.2) is 0 Å². The van der Waals surface area contributed by atoms with Gasteiger partial charge in [-0.2, -0.15) is 0 Å². The maximum absolute atomic E-state index is 12.1. The van der Waals surface area contributed by atoms with Gasteiger partial charge < -0.3 is 10.6 Å². The van der Waals surface area contributed by atoms with Crippen molar-refractivity contribution in [3.63, 3.8) is 0 Å². The smallest absolute Gasteiger partial charge is 0.247 e. The number of nitrogens with one attached hydrogen (secondary N) is 2. The molecule has 3 nitrogen and oxygen atoms in total. The molecule has 2 N–H and O–H groups in total. The number of hydrogen-bond acceptors (Lipinski definition) is 2. The van der Waals surface area contributed by atoms with Crippen molar-refractivity contribution >= 4 is 17.3 Å². The molecule has 96 valence electrons. The third-order valence-electron chi connectivity index (χ3n) is 3.52. The lowest BCUT2D eigenvalue weighted by Crippen LogP contribution is -2.40. The highest BCUT2D eigenvalue weighted by molar-refractivity contribution is 6.03. The first kappa shape index (κ1) is 11.8. The fraction of sp³-hybridized carbons (Fsp3) is 0.188. The maximum atomic E-state index is 12.1. The average molecular weight is 252 g/mol. The minimum absolute atomic E-state index is 0.0296. The Hall–Kier alpha value is -2.29. The van der Waals surface area contributed by atoms with Gasteiger partial charge in [0.05, 0.1) is 11.4 Å². The summed E-state index contributed by atoms with van der Waals surface area (Å²) in [7, 11) is 0. The van der Waals surface area contributed by atoms with Crippen LogP contribution in [0.25, 0.3) is 0 Å². The largest absolute Gasteiger partial charge is 0.372 e. The molecule has 3 rings (SSSR count). The van der Waals surface area contributed by atoms with Crippen LogP contribution in [-0.4, -0.2) is 11.9 Å². The molecule has 1 amide bonds. The number of hydrogen-bond donors (Lipinski definition) is 2. The Morgan fingerprint density at radius 2 is 1.68 bits per heavy atom. The number of benzene rings is 2. The zero-order valence-electron chi connectivity index (χ0n) is 10.8. The second kappa shape index (κ2) is 4.76. The molecule has 2 aromatic rings. The van der Waals surface area contributed by atoms with Gasteiger partial charge in [0.15, 0.2) is 0 Å². The Labute approximate surface area is 112 Å². The molecule has 0 aliphatic carbocycles. The molecule has 1 atom stereocenters. The lowest BCUT2D eigenvalue weighted by Gasteiger charge is -2.27. The number of carbonyl (C=O) groups is 1. The van der Waals surface area contributed by atoms with E-state index >= 15 is 0 Å². The van der Waals surface area contributed by atoms with Crippen LogP contribution in [0.5, 0.6) is 0 Å². The van der Waals surface area contributed by atoms with E-state index in [0.717, 1.165) is 11.4 Å². The van der Waals surface area contributed by atoms with E-state index in [0.29, 0.717) is 6.42 Å². The lowest BCUT2D eigenvalue weighted by molar-refractivity contribution is -0.117. The molecule has 0 saturated heterocycles. The molecule has 1 heterocycles. The molecule has 0 radical (unpaired) electrons. The fourth-order valence-corrected chi connectivity index (χ4v) is 2.39. The third-order valence-corrected chi connectivity index (χ3v) is 3.52. The average Bonchev–Trinajstić information content (AvgIpc) is 2.42. The predicted molar refractivity (Wildman–Crippen MR) is 77.4 cm³/mol. The van der Waals surface area contributed by atoms with Crippen LogP contribution in [0.2, 0.25) is 0 Å². The molecule has 1 aliphatic rings. The zero-order valence-corrected chi connectivity index (χ0v) is 10.8. The summed E-state index contributed by atoms with van der Waals surface area (Å²) in [6.45, 7) is 2.07. The van der Waals surface area contributed by atoms with Gasteiger partial charge in [-0.05, 0) is 30.2 Å². The predicted octanol–water partition coefficient (Wildman–Crippen LogP) is 2.97. The number of fused-ring (bicyclic) bond motifs is 1. The van der Waals surface area contributed by atoms with E-state index in [1.807, 2.05) is 36.4 Å². The van der Waals surface area contributed by atoms with Crippen molar-refractivity contribution in [3.8, 4) is 0 Å². The first-order valence-corrected chi connectivity index (χ1v) is 6.45. The van der Waals surface area contributed by atoms with E-state index in [1.54, 1.807) is 0 Å². The Bertz CT molecular complexity index is 622. The Kier molecular flexibility index (Phi) is 2.95. The van der Waals surface area contributed by atoms with Crippen LogP contribution in [0.3, 0.4) is 0 Å². The molecule has 3 heteroatoms. The summed E-state index contributed by atoms with van der Waals surface area (Å²) in [5.74, 6) is 0.0296. The van der Waals surface area contributed by atoms with Crippen molar-refractivity contribution in [1.82, 2.24) is 0 Å². The van der Waals surface area contributed by atoms with E-state index in [2.05, 4.69) is 29.7 Å². The summed E-state index contributed by atoms with van der Waals surface area (Å²) in [4.78, 5) is 12.1.